The van der Waals surface area contributed by atoms with Gasteiger partial charge in [-0.15, -0.1) is 10.2 Å². The minimum atomic E-state index is -0.355. The lowest BCUT2D eigenvalue weighted by atomic mass is 10.0. The molecule has 0 aliphatic heterocycles. The van der Waals surface area contributed by atoms with E-state index in [4.69, 9.17) is 10.9 Å². The van der Waals surface area contributed by atoms with E-state index in [-0.39, 0.29) is 23.6 Å². The minimum absolute atomic E-state index is 0.0456. The number of hydrogen-bond acceptors (Lipinski definition) is 6. The predicted molar refractivity (Wildman–Crippen MR) is 76.3 cm³/mol. The molecule has 1 unspecified atom stereocenters. The van der Waals surface area contributed by atoms with Gasteiger partial charge in [-0.3, -0.25) is 4.79 Å². The second-order valence-electron chi connectivity index (χ2n) is 5.07. The number of amidine groups is 1. The lowest BCUT2D eigenvalue weighted by Crippen LogP contribution is -2.28. The molecule has 1 amide bonds. The number of benzene rings is 1. The molecule has 9 heteroatoms. The fraction of sp³-hybridized carbons (Fsp3) is 0.308. The summed E-state index contributed by atoms with van der Waals surface area (Å²) in [5, 5.41) is 25.8. The summed E-state index contributed by atoms with van der Waals surface area (Å²) in [6, 6.07) is 5.41. The van der Waals surface area contributed by atoms with Crippen molar-refractivity contribution in [1.82, 2.24) is 25.5 Å². The van der Waals surface area contributed by atoms with Crippen LogP contribution >= 0.6 is 0 Å². The van der Waals surface area contributed by atoms with Crippen molar-refractivity contribution in [2.75, 3.05) is 0 Å². The lowest BCUT2D eigenvalue weighted by Gasteiger charge is -2.13. The Hall–Kier alpha value is -2.97. The quantitative estimate of drug-likeness (QED) is 0.309. The minimum Gasteiger partial charge on any atom is -0.409 e. The number of oxime groups is 1. The van der Waals surface area contributed by atoms with Crippen LogP contribution in [0.25, 0.3) is 0 Å². The van der Waals surface area contributed by atoms with Crippen molar-refractivity contribution in [1.29, 1.82) is 0 Å². The molecule has 1 aliphatic rings. The van der Waals surface area contributed by atoms with E-state index in [1.165, 1.54) is 4.80 Å². The molecule has 4 N–H and O–H groups in total. The maximum absolute atomic E-state index is 12.1. The highest BCUT2D eigenvalue weighted by Gasteiger charge is 2.26. The molecule has 0 fully saturated rings. The third-order valence-electron chi connectivity index (χ3n) is 3.64. The van der Waals surface area contributed by atoms with E-state index < -0.39 is 0 Å². The van der Waals surface area contributed by atoms with E-state index >= 15 is 0 Å². The zero-order valence-corrected chi connectivity index (χ0v) is 11.9. The molecule has 2 aromatic rings. The summed E-state index contributed by atoms with van der Waals surface area (Å²) in [5.74, 6) is -0.241. The van der Waals surface area contributed by atoms with E-state index in [9.17, 15) is 4.79 Å². The van der Waals surface area contributed by atoms with Crippen LogP contribution in [-0.4, -0.2) is 37.2 Å². The largest absolute Gasteiger partial charge is 0.409 e. The number of carbonyl (C=O) groups is 1. The van der Waals surface area contributed by atoms with E-state index in [1.807, 2.05) is 12.1 Å². The highest BCUT2D eigenvalue weighted by atomic mass is 16.4. The Bertz CT molecular complexity index is 753. The van der Waals surface area contributed by atoms with Crippen LogP contribution in [0.4, 0.5) is 0 Å². The van der Waals surface area contributed by atoms with Crippen LogP contribution in [0.3, 0.4) is 0 Å². The first-order valence-electron chi connectivity index (χ1n) is 6.74. The molecule has 0 spiro atoms. The average molecular weight is 301 g/mol. The van der Waals surface area contributed by atoms with Gasteiger partial charge in [0.25, 0.3) is 11.7 Å². The van der Waals surface area contributed by atoms with Gasteiger partial charge in [0.15, 0.2) is 5.84 Å². The number of nitrogens with two attached hydrogens (primary N) is 1. The first-order chi connectivity index (χ1) is 10.6. The third-order valence-corrected chi connectivity index (χ3v) is 3.64. The molecule has 1 heterocycles. The van der Waals surface area contributed by atoms with E-state index in [0.29, 0.717) is 5.56 Å². The molecule has 1 atom stereocenters. The Morgan fingerprint density at radius 3 is 3.05 bits per heavy atom. The van der Waals surface area contributed by atoms with E-state index in [2.05, 4.69) is 25.9 Å². The van der Waals surface area contributed by atoms with Crippen LogP contribution in [0.2, 0.25) is 0 Å². The molecule has 0 bridgehead atoms. The van der Waals surface area contributed by atoms with Gasteiger partial charge in [-0.25, -0.2) is 0 Å². The number of nitrogens with one attached hydrogen (secondary N) is 1. The number of aryl methyl sites for hydroxylation is 2. The van der Waals surface area contributed by atoms with E-state index in [0.717, 1.165) is 24.0 Å². The van der Waals surface area contributed by atoms with Crippen molar-refractivity contribution < 1.29 is 10.0 Å². The number of fused-ring (bicyclic) bond motifs is 1. The van der Waals surface area contributed by atoms with Gasteiger partial charge in [0.1, 0.15) is 0 Å². The first kappa shape index (κ1) is 14.0. The van der Waals surface area contributed by atoms with Gasteiger partial charge in [-0.1, -0.05) is 17.3 Å². The normalized spacial score (nSPS) is 17.3. The molecule has 1 aliphatic carbocycles. The molecular weight excluding hydrogens is 286 g/mol. The van der Waals surface area contributed by atoms with Crippen molar-refractivity contribution in [3.8, 4) is 0 Å². The van der Waals surface area contributed by atoms with Gasteiger partial charge >= 0.3 is 0 Å². The summed E-state index contributed by atoms with van der Waals surface area (Å²) >= 11 is 0. The third kappa shape index (κ3) is 2.48. The number of tetrazole rings is 1. The number of aromatic nitrogens is 4. The first-order valence-corrected chi connectivity index (χ1v) is 6.74. The maximum atomic E-state index is 12.1. The molecule has 0 radical (unpaired) electrons. The second kappa shape index (κ2) is 5.43. The molecule has 114 valence electrons. The molecule has 3 rings (SSSR count). The summed E-state index contributed by atoms with van der Waals surface area (Å²) in [6.45, 7) is 0. The average Bonchev–Trinajstić information content (AvgIpc) is 3.12. The molecule has 9 nitrogen and oxygen atoms in total. The molecule has 0 saturated carbocycles. The summed E-state index contributed by atoms with van der Waals surface area (Å²) in [7, 11) is 1.60. The van der Waals surface area contributed by atoms with Gasteiger partial charge in [0.2, 0.25) is 0 Å². The van der Waals surface area contributed by atoms with Crippen molar-refractivity contribution >= 4 is 11.7 Å². The topological polar surface area (TPSA) is 131 Å². The standard InChI is InChI=1S/C13H15N7O2/c1-20-17-12(16-19-20)13(21)15-10-5-3-7-6-8(11(14)18-22)2-4-9(7)10/h2,4,6,10,22H,3,5H2,1H3,(H2,14,18)(H,15,21). The molecule has 0 saturated heterocycles. The van der Waals surface area contributed by atoms with Crippen molar-refractivity contribution in [2.45, 2.75) is 18.9 Å². The van der Waals surface area contributed by atoms with Crippen molar-refractivity contribution in [3.63, 3.8) is 0 Å². The highest BCUT2D eigenvalue weighted by Crippen LogP contribution is 2.31. The van der Waals surface area contributed by atoms with Crippen LogP contribution in [0.15, 0.2) is 23.4 Å². The van der Waals surface area contributed by atoms with Crippen molar-refractivity contribution in [2.24, 2.45) is 17.9 Å². The van der Waals surface area contributed by atoms with Crippen LogP contribution in [0.5, 0.6) is 0 Å². The molecular formula is C13H15N7O2. The summed E-state index contributed by atoms with van der Waals surface area (Å²) < 4.78 is 0. The zero-order valence-electron chi connectivity index (χ0n) is 11.9. The number of hydrogen-bond donors (Lipinski definition) is 3. The Kier molecular flexibility index (Phi) is 3.45. The molecule has 1 aromatic heterocycles. The Labute approximate surface area is 125 Å². The number of nitrogens with zero attached hydrogens (tertiary/aromatic N) is 5. The van der Waals surface area contributed by atoms with Crippen LogP contribution in [0, 0.1) is 0 Å². The number of rotatable bonds is 3. The zero-order chi connectivity index (χ0) is 15.7. The van der Waals surface area contributed by atoms with Gasteiger partial charge in [-0.2, -0.15) is 4.80 Å². The Balaban J connectivity index is 1.78. The number of amides is 1. The van der Waals surface area contributed by atoms with E-state index in [1.54, 1.807) is 13.1 Å². The predicted octanol–water partition coefficient (Wildman–Crippen LogP) is -0.278. The monoisotopic (exact) mass is 301 g/mol. The Morgan fingerprint density at radius 2 is 2.36 bits per heavy atom. The summed E-state index contributed by atoms with van der Waals surface area (Å²) in [4.78, 5) is 13.3. The van der Waals surface area contributed by atoms with Gasteiger partial charge in [0.05, 0.1) is 13.1 Å². The molecule has 22 heavy (non-hydrogen) atoms. The van der Waals surface area contributed by atoms with Gasteiger partial charge in [0, 0.05) is 5.56 Å². The van der Waals surface area contributed by atoms with Crippen LogP contribution in [-0.2, 0) is 13.5 Å². The molecule has 1 aromatic carbocycles. The Morgan fingerprint density at radius 1 is 1.55 bits per heavy atom. The SMILES string of the molecule is Cn1nnc(C(=O)NC2CCc3cc(C(N)=NO)ccc32)n1. The lowest BCUT2D eigenvalue weighted by molar-refractivity contribution is 0.0926. The fourth-order valence-corrected chi connectivity index (χ4v) is 2.58. The second-order valence-corrected chi connectivity index (χ2v) is 5.07. The van der Waals surface area contributed by atoms with Gasteiger partial charge in [-0.05, 0) is 35.2 Å². The van der Waals surface area contributed by atoms with Crippen molar-refractivity contribution in [3.05, 3.63) is 40.7 Å². The number of carbonyl (C=O) groups excluding carboxylic acids is 1. The summed E-state index contributed by atoms with van der Waals surface area (Å²) in [5.41, 5.74) is 8.33. The highest BCUT2D eigenvalue weighted by molar-refractivity contribution is 5.97. The van der Waals surface area contributed by atoms with Crippen LogP contribution < -0.4 is 11.1 Å². The maximum Gasteiger partial charge on any atom is 0.293 e. The van der Waals surface area contributed by atoms with Gasteiger partial charge < -0.3 is 16.3 Å². The summed E-state index contributed by atoms with van der Waals surface area (Å²) in [6.07, 6.45) is 1.59. The fourth-order valence-electron chi connectivity index (χ4n) is 2.58. The van der Waals surface area contributed by atoms with Crippen LogP contribution in [0.1, 0.15) is 39.8 Å². The smallest absolute Gasteiger partial charge is 0.293 e.